The predicted molar refractivity (Wildman–Crippen MR) is 109 cm³/mol. The van der Waals surface area contributed by atoms with Gasteiger partial charge in [-0.15, -0.1) is 0 Å². The van der Waals surface area contributed by atoms with Crippen molar-refractivity contribution in [1.29, 1.82) is 5.26 Å². The summed E-state index contributed by atoms with van der Waals surface area (Å²) >= 11 is 0. The molecule has 7 heteroatoms. The van der Waals surface area contributed by atoms with E-state index in [0.717, 1.165) is 0 Å². The molecule has 2 atom stereocenters. The number of para-hydroxylation sites is 1. The number of benzene rings is 2. The standard InChI is InChI=1S/C23H23N3O4/c24-15-17-6-8-18(9-7-17)22(27)26-16-20(30-19-4-2-1-3-5-19)14-21(26)23(28)25-10-12-29-13-11-25/h1-9,20-21H,10-14,16H2/t20-,21-/m0/s1. The summed E-state index contributed by atoms with van der Waals surface area (Å²) in [4.78, 5) is 29.8. The van der Waals surface area contributed by atoms with Crippen molar-refractivity contribution in [1.82, 2.24) is 9.80 Å². The average molecular weight is 405 g/mol. The molecular formula is C23H23N3O4. The Bertz CT molecular complexity index is 933. The normalized spacial score (nSPS) is 21.2. The Kier molecular flexibility index (Phi) is 5.96. The van der Waals surface area contributed by atoms with Crippen molar-refractivity contribution in [3.8, 4) is 11.8 Å². The Balaban J connectivity index is 1.55. The number of likely N-dealkylation sites (tertiary alicyclic amines) is 1. The van der Waals surface area contributed by atoms with Crippen molar-refractivity contribution in [2.24, 2.45) is 0 Å². The van der Waals surface area contributed by atoms with Crippen molar-refractivity contribution in [3.63, 3.8) is 0 Å². The molecule has 154 valence electrons. The van der Waals surface area contributed by atoms with Crippen LogP contribution in [0.5, 0.6) is 5.75 Å². The highest BCUT2D eigenvalue weighted by atomic mass is 16.5. The molecule has 0 aliphatic carbocycles. The van der Waals surface area contributed by atoms with Crippen LogP contribution in [0.3, 0.4) is 0 Å². The predicted octanol–water partition coefficient (Wildman–Crippen LogP) is 2.08. The van der Waals surface area contributed by atoms with E-state index in [1.165, 1.54) is 0 Å². The number of nitriles is 1. The van der Waals surface area contributed by atoms with Crippen LogP contribution in [0.25, 0.3) is 0 Å². The van der Waals surface area contributed by atoms with E-state index in [9.17, 15) is 9.59 Å². The van der Waals surface area contributed by atoms with Gasteiger partial charge in [-0.1, -0.05) is 18.2 Å². The lowest BCUT2D eigenvalue weighted by atomic mass is 10.1. The molecule has 2 saturated heterocycles. The lowest BCUT2D eigenvalue weighted by Crippen LogP contribution is -2.51. The summed E-state index contributed by atoms with van der Waals surface area (Å²) < 4.78 is 11.4. The monoisotopic (exact) mass is 405 g/mol. The molecule has 0 saturated carbocycles. The number of nitrogens with zero attached hydrogens (tertiary/aromatic N) is 3. The third-order valence-electron chi connectivity index (χ3n) is 5.44. The number of hydrogen-bond donors (Lipinski definition) is 0. The van der Waals surface area contributed by atoms with E-state index in [1.807, 2.05) is 36.4 Å². The van der Waals surface area contributed by atoms with E-state index in [4.69, 9.17) is 14.7 Å². The van der Waals surface area contributed by atoms with Crippen LogP contribution in [0.15, 0.2) is 54.6 Å². The van der Waals surface area contributed by atoms with Gasteiger partial charge < -0.3 is 19.3 Å². The van der Waals surface area contributed by atoms with Crippen LogP contribution in [-0.2, 0) is 9.53 Å². The lowest BCUT2D eigenvalue weighted by molar-refractivity contribution is -0.139. The fourth-order valence-electron chi connectivity index (χ4n) is 3.88. The number of ether oxygens (including phenoxy) is 2. The number of carbonyl (C=O) groups excluding carboxylic acids is 2. The van der Waals surface area contributed by atoms with Crippen LogP contribution in [0.1, 0.15) is 22.3 Å². The number of carbonyl (C=O) groups is 2. The van der Waals surface area contributed by atoms with Crippen molar-refractivity contribution >= 4 is 11.8 Å². The minimum atomic E-state index is -0.583. The zero-order chi connectivity index (χ0) is 20.9. The van der Waals surface area contributed by atoms with Crippen molar-refractivity contribution in [3.05, 3.63) is 65.7 Å². The highest BCUT2D eigenvalue weighted by Gasteiger charge is 2.42. The minimum absolute atomic E-state index is 0.0699. The molecule has 2 fully saturated rings. The van der Waals surface area contributed by atoms with Crippen LogP contribution < -0.4 is 4.74 Å². The zero-order valence-electron chi connectivity index (χ0n) is 16.6. The molecule has 2 aromatic rings. The number of hydrogen-bond acceptors (Lipinski definition) is 5. The second kappa shape index (κ2) is 8.97. The molecular weight excluding hydrogens is 382 g/mol. The maximum atomic E-state index is 13.2. The first kappa shape index (κ1) is 19.9. The van der Waals surface area contributed by atoms with Crippen molar-refractivity contribution < 1.29 is 19.1 Å². The topological polar surface area (TPSA) is 82.9 Å². The summed E-state index contributed by atoms with van der Waals surface area (Å²) in [5.41, 5.74) is 0.938. The number of amides is 2. The van der Waals surface area contributed by atoms with E-state index in [2.05, 4.69) is 0 Å². The largest absolute Gasteiger partial charge is 0.488 e. The van der Waals surface area contributed by atoms with Gasteiger partial charge in [0.05, 0.1) is 31.4 Å². The average Bonchev–Trinajstić information content (AvgIpc) is 3.23. The molecule has 2 heterocycles. The van der Waals surface area contributed by atoms with Crippen LogP contribution in [0, 0.1) is 11.3 Å². The van der Waals surface area contributed by atoms with Crippen LogP contribution in [0.4, 0.5) is 0 Å². The van der Waals surface area contributed by atoms with Gasteiger partial charge in [-0.25, -0.2) is 0 Å². The molecule has 4 rings (SSSR count). The summed E-state index contributed by atoms with van der Waals surface area (Å²) in [5, 5.41) is 8.99. The first-order valence-corrected chi connectivity index (χ1v) is 10.0. The molecule has 0 radical (unpaired) electrons. The van der Waals surface area contributed by atoms with Gasteiger partial charge in [0.2, 0.25) is 5.91 Å². The summed E-state index contributed by atoms with van der Waals surface area (Å²) in [6.45, 7) is 2.39. The molecule has 0 bridgehead atoms. The molecule has 2 aliphatic rings. The number of rotatable bonds is 4. The van der Waals surface area contributed by atoms with Crippen molar-refractivity contribution in [2.45, 2.75) is 18.6 Å². The molecule has 2 amide bonds. The SMILES string of the molecule is N#Cc1ccc(C(=O)N2C[C@@H](Oc3ccccc3)C[C@H]2C(=O)N2CCOCC2)cc1. The summed E-state index contributed by atoms with van der Waals surface area (Å²) in [5.74, 6) is 0.414. The summed E-state index contributed by atoms with van der Waals surface area (Å²) in [6, 6.07) is 17.4. The molecule has 7 nitrogen and oxygen atoms in total. The maximum Gasteiger partial charge on any atom is 0.254 e. The molecule has 0 aromatic heterocycles. The Morgan fingerprint density at radius 3 is 2.40 bits per heavy atom. The lowest BCUT2D eigenvalue weighted by Gasteiger charge is -2.32. The first-order chi connectivity index (χ1) is 14.7. The molecule has 0 spiro atoms. The highest BCUT2D eigenvalue weighted by molar-refractivity contribution is 5.98. The van der Waals surface area contributed by atoms with Gasteiger partial charge in [0.15, 0.2) is 0 Å². The molecule has 0 unspecified atom stereocenters. The van der Waals surface area contributed by atoms with Gasteiger partial charge in [-0.2, -0.15) is 5.26 Å². The molecule has 0 N–H and O–H groups in total. The Morgan fingerprint density at radius 2 is 1.73 bits per heavy atom. The number of morpholine rings is 1. The minimum Gasteiger partial charge on any atom is -0.488 e. The zero-order valence-corrected chi connectivity index (χ0v) is 16.6. The van der Waals surface area contributed by atoms with E-state index < -0.39 is 6.04 Å². The summed E-state index contributed by atoms with van der Waals surface area (Å²) in [6.07, 6.45) is 0.164. The molecule has 2 aliphatic heterocycles. The van der Waals surface area contributed by atoms with E-state index in [0.29, 0.717) is 56.1 Å². The Hall–Kier alpha value is -3.37. The molecule has 2 aromatic carbocycles. The second-order valence-corrected chi connectivity index (χ2v) is 7.39. The van der Waals surface area contributed by atoms with E-state index >= 15 is 0 Å². The van der Waals surface area contributed by atoms with Gasteiger partial charge >= 0.3 is 0 Å². The van der Waals surface area contributed by atoms with Crippen molar-refractivity contribution in [2.75, 3.05) is 32.8 Å². The van der Waals surface area contributed by atoms with Crippen LogP contribution in [-0.4, -0.2) is 66.6 Å². The van der Waals surface area contributed by atoms with Gasteiger partial charge in [0.1, 0.15) is 17.9 Å². The Morgan fingerprint density at radius 1 is 1.03 bits per heavy atom. The Labute approximate surface area is 175 Å². The smallest absolute Gasteiger partial charge is 0.254 e. The van der Waals surface area contributed by atoms with Gasteiger partial charge in [-0.05, 0) is 36.4 Å². The van der Waals surface area contributed by atoms with E-state index in [1.54, 1.807) is 34.1 Å². The third-order valence-corrected chi connectivity index (χ3v) is 5.44. The maximum absolute atomic E-state index is 13.2. The van der Waals surface area contributed by atoms with E-state index in [-0.39, 0.29) is 17.9 Å². The molecule has 30 heavy (non-hydrogen) atoms. The van der Waals surface area contributed by atoms with Gasteiger partial charge in [0, 0.05) is 25.1 Å². The highest BCUT2D eigenvalue weighted by Crippen LogP contribution is 2.26. The third kappa shape index (κ3) is 4.29. The van der Waals surface area contributed by atoms with Crippen LogP contribution in [0.2, 0.25) is 0 Å². The quantitative estimate of drug-likeness (QED) is 0.778. The second-order valence-electron chi connectivity index (χ2n) is 7.39. The fourth-order valence-corrected chi connectivity index (χ4v) is 3.88. The fraction of sp³-hybridized carbons (Fsp3) is 0.348. The van der Waals surface area contributed by atoms with Gasteiger partial charge in [-0.3, -0.25) is 9.59 Å². The van der Waals surface area contributed by atoms with Crippen LogP contribution >= 0.6 is 0 Å². The first-order valence-electron chi connectivity index (χ1n) is 10.0. The summed E-state index contributed by atoms with van der Waals surface area (Å²) in [7, 11) is 0. The van der Waals surface area contributed by atoms with Gasteiger partial charge in [0.25, 0.3) is 5.91 Å².